The Morgan fingerprint density at radius 2 is 2.30 bits per heavy atom. The van der Waals surface area contributed by atoms with E-state index in [0.717, 1.165) is 0 Å². The lowest BCUT2D eigenvalue weighted by molar-refractivity contribution is -0.123. The third-order valence-electron chi connectivity index (χ3n) is 1.89. The van der Waals surface area contributed by atoms with Gasteiger partial charge in [0.1, 0.15) is 0 Å². The molecule has 0 aliphatic carbocycles. The number of carbonyl (C=O) groups is 1. The first-order chi connectivity index (χ1) is 4.63. The molecule has 0 bridgehead atoms. The molecule has 0 aromatic heterocycles. The molecule has 0 saturated carbocycles. The van der Waals surface area contributed by atoms with Gasteiger partial charge in [-0.15, -0.1) is 0 Å². The molecule has 0 radical (unpaired) electrons. The van der Waals surface area contributed by atoms with Crippen molar-refractivity contribution < 1.29 is 13.6 Å². The molecule has 1 N–H and O–H groups in total. The first kappa shape index (κ1) is 7.44. The second-order valence-corrected chi connectivity index (χ2v) is 2.53. The van der Waals surface area contributed by atoms with Crippen molar-refractivity contribution in [2.45, 2.75) is 13.3 Å². The fraction of sp³-hybridized carbons (Fsp3) is 0.833. The van der Waals surface area contributed by atoms with E-state index in [1.807, 2.05) is 0 Å². The topological polar surface area (TPSA) is 29.1 Å². The first-order valence-electron chi connectivity index (χ1n) is 3.19. The summed E-state index contributed by atoms with van der Waals surface area (Å²) in [4.78, 5) is 10.6. The Morgan fingerprint density at radius 1 is 1.70 bits per heavy atom. The van der Waals surface area contributed by atoms with Crippen molar-refractivity contribution in [3.05, 3.63) is 0 Å². The van der Waals surface area contributed by atoms with Crippen LogP contribution in [0.4, 0.5) is 8.78 Å². The molecule has 2 unspecified atom stereocenters. The average molecular weight is 149 g/mol. The fourth-order valence-corrected chi connectivity index (χ4v) is 1.06. The van der Waals surface area contributed by atoms with Gasteiger partial charge in [0.2, 0.25) is 12.3 Å². The molecule has 10 heavy (non-hydrogen) atoms. The van der Waals surface area contributed by atoms with Gasteiger partial charge in [-0.1, -0.05) is 6.92 Å². The SMILES string of the molecule is CC1C(=O)NCC1C(F)F. The van der Waals surface area contributed by atoms with Crippen LogP contribution in [-0.4, -0.2) is 18.9 Å². The predicted molar refractivity (Wildman–Crippen MR) is 31.7 cm³/mol. The van der Waals surface area contributed by atoms with Crippen LogP contribution < -0.4 is 5.32 Å². The summed E-state index contributed by atoms with van der Waals surface area (Å²) in [5.74, 6) is -1.57. The van der Waals surface area contributed by atoms with Crippen molar-refractivity contribution in [1.82, 2.24) is 5.32 Å². The highest BCUT2D eigenvalue weighted by atomic mass is 19.3. The molecule has 1 aliphatic heterocycles. The summed E-state index contributed by atoms with van der Waals surface area (Å²) >= 11 is 0. The van der Waals surface area contributed by atoms with E-state index in [2.05, 4.69) is 5.32 Å². The maximum Gasteiger partial charge on any atom is 0.243 e. The fourth-order valence-electron chi connectivity index (χ4n) is 1.06. The lowest BCUT2D eigenvalue weighted by Crippen LogP contribution is -2.19. The zero-order valence-electron chi connectivity index (χ0n) is 5.60. The van der Waals surface area contributed by atoms with Crippen LogP contribution in [0.25, 0.3) is 0 Å². The first-order valence-corrected chi connectivity index (χ1v) is 3.19. The number of hydrogen-bond donors (Lipinski definition) is 1. The molecule has 0 aromatic rings. The Morgan fingerprint density at radius 3 is 2.50 bits per heavy atom. The summed E-state index contributed by atoms with van der Waals surface area (Å²) in [6, 6.07) is 0. The highest BCUT2D eigenvalue weighted by Crippen LogP contribution is 2.23. The average Bonchev–Trinajstić information content (AvgIpc) is 2.14. The maximum atomic E-state index is 12.0. The molecule has 1 aliphatic rings. The number of hydrogen-bond acceptors (Lipinski definition) is 1. The molecule has 1 saturated heterocycles. The maximum absolute atomic E-state index is 12.0. The third-order valence-corrected chi connectivity index (χ3v) is 1.89. The van der Waals surface area contributed by atoms with Gasteiger partial charge in [-0.3, -0.25) is 4.79 Å². The minimum atomic E-state index is -2.38. The van der Waals surface area contributed by atoms with E-state index in [1.54, 1.807) is 0 Å². The van der Waals surface area contributed by atoms with E-state index in [1.165, 1.54) is 6.92 Å². The van der Waals surface area contributed by atoms with Crippen molar-refractivity contribution in [1.29, 1.82) is 0 Å². The van der Waals surface area contributed by atoms with Gasteiger partial charge in [-0.05, 0) is 0 Å². The van der Waals surface area contributed by atoms with Gasteiger partial charge in [0.25, 0.3) is 0 Å². The Balaban J connectivity index is 2.57. The second kappa shape index (κ2) is 2.52. The number of carbonyl (C=O) groups excluding carboxylic acids is 1. The molecule has 1 rings (SSSR count). The molecule has 1 amide bonds. The normalized spacial score (nSPS) is 33.0. The van der Waals surface area contributed by atoms with Gasteiger partial charge in [0.15, 0.2) is 0 Å². The smallest absolute Gasteiger partial charge is 0.243 e. The summed E-state index contributed by atoms with van der Waals surface area (Å²) in [6.07, 6.45) is -2.38. The van der Waals surface area contributed by atoms with Gasteiger partial charge in [-0.2, -0.15) is 0 Å². The molecule has 2 atom stereocenters. The van der Waals surface area contributed by atoms with E-state index in [9.17, 15) is 13.6 Å². The zero-order chi connectivity index (χ0) is 7.72. The molecule has 0 aromatic carbocycles. The van der Waals surface area contributed by atoms with Gasteiger partial charge in [0, 0.05) is 18.4 Å². The standard InChI is InChI=1S/C6H9F2NO/c1-3-4(5(7)8)2-9-6(3)10/h3-5H,2H2,1H3,(H,9,10). The molecule has 58 valence electrons. The summed E-state index contributed by atoms with van der Waals surface area (Å²) in [7, 11) is 0. The molecule has 1 heterocycles. The lowest BCUT2D eigenvalue weighted by atomic mass is 9.98. The van der Waals surface area contributed by atoms with E-state index < -0.39 is 18.3 Å². The molecule has 2 nitrogen and oxygen atoms in total. The number of nitrogens with one attached hydrogen (secondary N) is 1. The zero-order valence-corrected chi connectivity index (χ0v) is 5.60. The van der Waals surface area contributed by atoms with Gasteiger partial charge < -0.3 is 5.32 Å². The van der Waals surface area contributed by atoms with Crippen molar-refractivity contribution in [3.8, 4) is 0 Å². The van der Waals surface area contributed by atoms with Crippen molar-refractivity contribution >= 4 is 5.91 Å². The number of alkyl halides is 2. The summed E-state index contributed by atoms with van der Waals surface area (Å²) in [6.45, 7) is 1.65. The van der Waals surface area contributed by atoms with Gasteiger partial charge in [0.05, 0.1) is 0 Å². The highest BCUT2D eigenvalue weighted by molar-refractivity contribution is 5.80. The Hall–Kier alpha value is -0.670. The largest absolute Gasteiger partial charge is 0.355 e. The minimum Gasteiger partial charge on any atom is -0.355 e. The van der Waals surface area contributed by atoms with Gasteiger partial charge in [-0.25, -0.2) is 8.78 Å². The van der Waals surface area contributed by atoms with E-state index in [-0.39, 0.29) is 12.5 Å². The van der Waals surface area contributed by atoms with E-state index in [0.29, 0.717) is 0 Å². The quantitative estimate of drug-likeness (QED) is 0.582. The van der Waals surface area contributed by atoms with Gasteiger partial charge >= 0.3 is 0 Å². The Bertz CT molecular complexity index is 149. The van der Waals surface area contributed by atoms with Crippen LogP contribution in [0.2, 0.25) is 0 Å². The van der Waals surface area contributed by atoms with Crippen LogP contribution >= 0.6 is 0 Å². The second-order valence-electron chi connectivity index (χ2n) is 2.53. The lowest BCUT2D eigenvalue weighted by Gasteiger charge is -2.09. The predicted octanol–water partition coefficient (Wildman–Crippen LogP) is 0.634. The monoisotopic (exact) mass is 149 g/mol. The summed E-state index contributed by atoms with van der Waals surface area (Å²) < 4.78 is 23.9. The Kier molecular flexibility index (Phi) is 1.87. The molecule has 1 fully saturated rings. The minimum absolute atomic E-state index is 0.123. The van der Waals surface area contributed by atoms with Crippen LogP contribution in [0.3, 0.4) is 0 Å². The van der Waals surface area contributed by atoms with Crippen LogP contribution in [0, 0.1) is 11.8 Å². The van der Waals surface area contributed by atoms with E-state index in [4.69, 9.17) is 0 Å². The van der Waals surface area contributed by atoms with Crippen molar-refractivity contribution in [2.24, 2.45) is 11.8 Å². The van der Waals surface area contributed by atoms with Crippen LogP contribution in [-0.2, 0) is 4.79 Å². The van der Waals surface area contributed by atoms with Crippen LogP contribution in [0.1, 0.15) is 6.92 Å². The number of halogens is 2. The third kappa shape index (κ3) is 1.10. The van der Waals surface area contributed by atoms with E-state index >= 15 is 0 Å². The molecule has 4 heteroatoms. The summed E-state index contributed by atoms with van der Waals surface area (Å²) in [5, 5.41) is 2.38. The molecular formula is C6H9F2NO. The van der Waals surface area contributed by atoms with Crippen LogP contribution in [0.5, 0.6) is 0 Å². The Labute approximate surface area is 57.6 Å². The van der Waals surface area contributed by atoms with Crippen molar-refractivity contribution in [2.75, 3.05) is 6.54 Å². The van der Waals surface area contributed by atoms with Crippen molar-refractivity contribution in [3.63, 3.8) is 0 Å². The molecule has 0 spiro atoms. The summed E-state index contributed by atoms with van der Waals surface area (Å²) in [5.41, 5.74) is 0. The highest BCUT2D eigenvalue weighted by Gasteiger charge is 2.36. The number of rotatable bonds is 1. The van der Waals surface area contributed by atoms with Crippen LogP contribution in [0.15, 0.2) is 0 Å². The number of amides is 1. The molecular weight excluding hydrogens is 140 g/mol.